The van der Waals surface area contributed by atoms with Crippen molar-refractivity contribution in [1.29, 1.82) is 0 Å². The summed E-state index contributed by atoms with van der Waals surface area (Å²) in [6, 6.07) is 7.65. The fourth-order valence-electron chi connectivity index (χ4n) is 3.54. The zero-order valence-corrected chi connectivity index (χ0v) is 18.2. The molecule has 156 valence electrons. The summed E-state index contributed by atoms with van der Waals surface area (Å²) in [5.74, 6) is 0.453. The van der Waals surface area contributed by atoms with Crippen molar-refractivity contribution in [3.63, 3.8) is 0 Å². The summed E-state index contributed by atoms with van der Waals surface area (Å²) in [6.45, 7) is 5.54. The third-order valence-corrected chi connectivity index (χ3v) is 6.60. The molecule has 7 heteroatoms. The summed E-state index contributed by atoms with van der Waals surface area (Å²) < 4.78 is 10.6. The van der Waals surface area contributed by atoms with Gasteiger partial charge in [0.2, 0.25) is 0 Å². The highest BCUT2D eigenvalue weighted by Crippen LogP contribution is 2.30. The van der Waals surface area contributed by atoms with Crippen LogP contribution in [0.25, 0.3) is 10.6 Å². The lowest BCUT2D eigenvalue weighted by Gasteiger charge is -2.30. The smallest absolute Gasteiger partial charge is 0.351 e. The van der Waals surface area contributed by atoms with Crippen LogP contribution in [-0.2, 0) is 9.53 Å². The lowest BCUT2D eigenvalue weighted by Crippen LogP contribution is -2.45. The predicted octanol–water partition coefficient (Wildman–Crippen LogP) is 4.37. The topological polar surface area (TPSA) is 77.5 Å². The molecule has 1 fully saturated rings. The van der Waals surface area contributed by atoms with Gasteiger partial charge in [0.25, 0.3) is 5.91 Å². The number of nitrogens with zero attached hydrogens (tertiary/aromatic N) is 1. The molecule has 1 aliphatic rings. The first-order chi connectivity index (χ1) is 13.9. The fourth-order valence-corrected chi connectivity index (χ4v) is 4.50. The van der Waals surface area contributed by atoms with Crippen LogP contribution in [0.3, 0.4) is 0 Å². The van der Waals surface area contributed by atoms with Crippen LogP contribution in [-0.4, -0.2) is 36.1 Å². The number of aryl methyl sites for hydroxylation is 1. The summed E-state index contributed by atoms with van der Waals surface area (Å²) in [6.07, 6.45) is 3.58. The van der Waals surface area contributed by atoms with Gasteiger partial charge in [-0.25, -0.2) is 9.78 Å². The maximum absolute atomic E-state index is 12.6. The highest BCUT2D eigenvalue weighted by molar-refractivity contribution is 7.17. The van der Waals surface area contributed by atoms with Crippen LogP contribution < -0.4 is 10.1 Å². The van der Waals surface area contributed by atoms with Crippen molar-refractivity contribution in [3.8, 4) is 16.3 Å². The number of rotatable bonds is 6. The van der Waals surface area contributed by atoms with E-state index in [1.165, 1.54) is 17.8 Å². The first kappa shape index (κ1) is 21.3. The van der Waals surface area contributed by atoms with E-state index in [1.54, 1.807) is 21.0 Å². The number of esters is 1. The van der Waals surface area contributed by atoms with E-state index in [2.05, 4.69) is 17.2 Å². The Morgan fingerprint density at radius 2 is 1.90 bits per heavy atom. The van der Waals surface area contributed by atoms with Gasteiger partial charge in [0.05, 0.1) is 12.8 Å². The van der Waals surface area contributed by atoms with E-state index in [0.717, 1.165) is 35.6 Å². The molecule has 29 heavy (non-hydrogen) atoms. The summed E-state index contributed by atoms with van der Waals surface area (Å²) in [5.41, 5.74) is 1.49. The Kier molecular flexibility index (Phi) is 6.90. The second kappa shape index (κ2) is 9.39. The number of ether oxygens (including phenoxy) is 2. The van der Waals surface area contributed by atoms with Gasteiger partial charge in [0.15, 0.2) is 6.10 Å². The van der Waals surface area contributed by atoms with Gasteiger partial charge in [0.1, 0.15) is 15.6 Å². The van der Waals surface area contributed by atoms with Crippen LogP contribution in [0.1, 0.15) is 54.9 Å². The molecule has 3 atom stereocenters. The normalized spacial score (nSPS) is 20.0. The Morgan fingerprint density at radius 1 is 1.21 bits per heavy atom. The average Bonchev–Trinajstić information content (AvgIpc) is 3.11. The van der Waals surface area contributed by atoms with Gasteiger partial charge in [-0.3, -0.25) is 4.79 Å². The molecule has 0 saturated heterocycles. The highest BCUT2D eigenvalue weighted by Gasteiger charge is 2.27. The Balaban J connectivity index is 1.63. The van der Waals surface area contributed by atoms with Crippen molar-refractivity contribution in [2.45, 2.75) is 58.6 Å². The number of hydrogen-bond donors (Lipinski definition) is 1. The molecule has 0 spiro atoms. The number of carbonyl (C=O) groups is 2. The van der Waals surface area contributed by atoms with Crippen molar-refractivity contribution in [2.24, 2.45) is 5.92 Å². The minimum absolute atomic E-state index is 0.157. The molecule has 1 N–H and O–H groups in total. The van der Waals surface area contributed by atoms with Gasteiger partial charge in [0, 0.05) is 11.6 Å². The zero-order chi connectivity index (χ0) is 21.0. The summed E-state index contributed by atoms with van der Waals surface area (Å²) in [7, 11) is 1.61. The van der Waals surface area contributed by atoms with Gasteiger partial charge < -0.3 is 14.8 Å². The molecule has 1 amide bonds. The van der Waals surface area contributed by atoms with E-state index >= 15 is 0 Å². The zero-order valence-electron chi connectivity index (χ0n) is 17.4. The molecule has 1 heterocycles. The van der Waals surface area contributed by atoms with Crippen LogP contribution in [0.15, 0.2) is 24.3 Å². The van der Waals surface area contributed by atoms with E-state index in [4.69, 9.17) is 9.47 Å². The molecule has 1 aromatic carbocycles. The number of amides is 1. The lowest BCUT2D eigenvalue weighted by atomic mass is 9.86. The molecule has 3 rings (SSSR count). The van der Waals surface area contributed by atoms with Gasteiger partial charge in [-0.1, -0.05) is 19.8 Å². The predicted molar refractivity (Wildman–Crippen MR) is 113 cm³/mol. The van der Waals surface area contributed by atoms with Gasteiger partial charge in [-0.2, -0.15) is 0 Å². The van der Waals surface area contributed by atoms with Crippen molar-refractivity contribution >= 4 is 23.2 Å². The van der Waals surface area contributed by atoms with Crippen molar-refractivity contribution in [2.75, 3.05) is 7.11 Å². The molecule has 0 radical (unpaired) electrons. The molecule has 1 aliphatic carbocycles. The Hall–Kier alpha value is -2.41. The highest BCUT2D eigenvalue weighted by atomic mass is 32.1. The summed E-state index contributed by atoms with van der Waals surface area (Å²) >= 11 is 1.27. The second-order valence-electron chi connectivity index (χ2n) is 7.59. The molecular weight excluding hydrogens is 388 g/mol. The molecule has 0 bridgehead atoms. The van der Waals surface area contributed by atoms with Crippen LogP contribution >= 0.6 is 11.3 Å². The standard InChI is InChI=1S/C22H28N2O4S/c1-13-7-5-6-8-18(13)24-20(25)15(3)28-22(26)19-14(2)23-21(29-19)16-9-11-17(27-4)12-10-16/h9-13,15,18H,5-8H2,1-4H3,(H,24,25)/t13-,15-,18+/m0/s1. The number of nitrogens with one attached hydrogen (secondary N) is 1. The van der Waals surface area contributed by atoms with Gasteiger partial charge >= 0.3 is 5.97 Å². The van der Waals surface area contributed by atoms with Crippen molar-refractivity contribution in [1.82, 2.24) is 10.3 Å². The SMILES string of the molecule is COc1ccc(-c2nc(C)c(C(=O)O[C@@H](C)C(=O)N[C@@H]3CCCC[C@@H]3C)s2)cc1. The molecule has 1 saturated carbocycles. The summed E-state index contributed by atoms with van der Waals surface area (Å²) in [4.78, 5) is 30.0. The molecule has 0 aliphatic heterocycles. The Labute approximate surface area is 175 Å². The van der Waals surface area contributed by atoms with Crippen LogP contribution in [0.4, 0.5) is 0 Å². The number of carbonyl (C=O) groups excluding carboxylic acids is 2. The van der Waals surface area contributed by atoms with Crippen LogP contribution in [0.5, 0.6) is 5.75 Å². The van der Waals surface area contributed by atoms with E-state index in [9.17, 15) is 9.59 Å². The third kappa shape index (κ3) is 5.15. The van der Waals surface area contributed by atoms with Crippen LogP contribution in [0, 0.1) is 12.8 Å². The molecular formula is C22H28N2O4S. The first-order valence-electron chi connectivity index (χ1n) is 10.0. The quantitative estimate of drug-likeness (QED) is 0.708. The number of benzene rings is 1. The Bertz CT molecular complexity index is 862. The maximum atomic E-state index is 12.6. The average molecular weight is 417 g/mol. The van der Waals surface area contributed by atoms with Crippen molar-refractivity contribution < 1.29 is 19.1 Å². The number of thiazole rings is 1. The number of aromatic nitrogens is 1. The minimum atomic E-state index is -0.845. The summed E-state index contributed by atoms with van der Waals surface area (Å²) in [5, 5.41) is 3.77. The number of methoxy groups -OCH3 is 1. The van der Waals surface area contributed by atoms with E-state index in [-0.39, 0.29) is 11.9 Å². The maximum Gasteiger partial charge on any atom is 0.351 e. The number of hydrogen-bond acceptors (Lipinski definition) is 6. The fraction of sp³-hybridized carbons (Fsp3) is 0.500. The monoisotopic (exact) mass is 416 g/mol. The van der Waals surface area contributed by atoms with E-state index in [1.807, 2.05) is 24.3 Å². The Morgan fingerprint density at radius 3 is 2.55 bits per heavy atom. The molecule has 2 aromatic rings. The van der Waals surface area contributed by atoms with E-state index < -0.39 is 12.1 Å². The largest absolute Gasteiger partial charge is 0.497 e. The third-order valence-electron chi connectivity index (χ3n) is 5.41. The van der Waals surface area contributed by atoms with E-state index in [0.29, 0.717) is 16.5 Å². The minimum Gasteiger partial charge on any atom is -0.497 e. The van der Waals surface area contributed by atoms with Gasteiger partial charge in [-0.15, -0.1) is 11.3 Å². The molecule has 0 unspecified atom stereocenters. The second-order valence-corrected chi connectivity index (χ2v) is 8.59. The lowest BCUT2D eigenvalue weighted by molar-refractivity contribution is -0.130. The first-order valence-corrected chi connectivity index (χ1v) is 10.8. The molecule has 1 aromatic heterocycles. The molecule has 6 nitrogen and oxygen atoms in total. The van der Waals surface area contributed by atoms with Crippen molar-refractivity contribution in [3.05, 3.63) is 34.8 Å². The van der Waals surface area contributed by atoms with Gasteiger partial charge in [-0.05, 0) is 56.9 Å². The van der Waals surface area contributed by atoms with Crippen LogP contribution in [0.2, 0.25) is 0 Å².